The van der Waals surface area contributed by atoms with Gasteiger partial charge >= 0.3 is 6.03 Å². The van der Waals surface area contributed by atoms with Gasteiger partial charge in [0.25, 0.3) is 0 Å². The number of urea groups is 1. The van der Waals surface area contributed by atoms with Crippen LogP contribution in [0.5, 0.6) is 5.75 Å². The summed E-state index contributed by atoms with van der Waals surface area (Å²) < 4.78 is 35.2. The second kappa shape index (κ2) is 13.0. The molecule has 0 spiro atoms. The molecule has 3 atom stereocenters. The van der Waals surface area contributed by atoms with Crippen molar-refractivity contribution in [2.75, 3.05) is 26.7 Å². The van der Waals surface area contributed by atoms with E-state index in [0.29, 0.717) is 6.54 Å². The lowest BCUT2D eigenvalue weighted by Crippen LogP contribution is -2.52. The van der Waals surface area contributed by atoms with Gasteiger partial charge in [-0.15, -0.1) is 0 Å². The summed E-state index contributed by atoms with van der Waals surface area (Å²) in [7, 11) is -2.18. The Bertz CT molecular complexity index is 1240. The van der Waals surface area contributed by atoms with Crippen LogP contribution in [0.15, 0.2) is 53.4 Å². The van der Waals surface area contributed by atoms with Gasteiger partial charge in [-0.25, -0.2) is 13.2 Å². The number of hydrogen-bond donors (Lipinski definition) is 2. The van der Waals surface area contributed by atoms with Crippen LogP contribution in [0, 0.1) is 5.92 Å². The van der Waals surface area contributed by atoms with Crippen molar-refractivity contribution < 1.29 is 23.1 Å². The van der Waals surface area contributed by atoms with Crippen molar-refractivity contribution in [3.05, 3.63) is 59.7 Å². The summed E-state index contributed by atoms with van der Waals surface area (Å²) in [5, 5.41) is 13.0. The smallest absolute Gasteiger partial charge is 0.317 e. The summed E-state index contributed by atoms with van der Waals surface area (Å²) in [6.07, 6.45) is 8.88. The zero-order valence-electron chi connectivity index (χ0n) is 23.1. The zero-order valence-corrected chi connectivity index (χ0v) is 23.9. The van der Waals surface area contributed by atoms with Gasteiger partial charge in [-0.3, -0.25) is 0 Å². The Labute approximate surface area is 232 Å². The van der Waals surface area contributed by atoms with Gasteiger partial charge in [-0.2, -0.15) is 4.31 Å². The molecular formula is C30H41N3O5S. The predicted molar refractivity (Wildman–Crippen MR) is 154 cm³/mol. The number of hydrogen-bond acceptors (Lipinski definition) is 5. The van der Waals surface area contributed by atoms with Gasteiger partial charge in [0.2, 0.25) is 10.0 Å². The molecule has 1 aliphatic heterocycles. The number of carbonyl (C=O) groups is 1. The highest BCUT2D eigenvalue weighted by Crippen LogP contribution is 2.34. The number of likely N-dealkylation sites (N-methyl/N-ethyl adjacent to an activating group) is 1. The van der Waals surface area contributed by atoms with Crippen LogP contribution >= 0.6 is 0 Å². The van der Waals surface area contributed by atoms with Crippen molar-refractivity contribution in [3.63, 3.8) is 0 Å². The van der Waals surface area contributed by atoms with E-state index >= 15 is 0 Å². The van der Waals surface area contributed by atoms with Crippen LogP contribution in [0.1, 0.15) is 57.1 Å². The van der Waals surface area contributed by atoms with E-state index in [2.05, 4.69) is 5.32 Å². The summed E-state index contributed by atoms with van der Waals surface area (Å²) in [5.74, 6) is 0.00774. The predicted octanol–water partition coefficient (Wildman–Crippen LogP) is 4.60. The Morgan fingerprint density at radius 2 is 1.82 bits per heavy atom. The monoisotopic (exact) mass is 555 g/mol. The maximum absolute atomic E-state index is 13.7. The molecule has 212 valence electrons. The first kappa shape index (κ1) is 29.1. The van der Waals surface area contributed by atoms with Crippen LogP contribution in [0.2, 0.25) is 0 Å². The topological polar surface area (TPSA) is 99.2 Å². The molecule has 0 unspecified atom stereocenters. The van der Waals surface area contributed by atoms with Crippen LogP contribution in [0.3, 0.4) is 0 Å². The summed E-state index contributed by atoms with van der Waals surface area (Å²) in [6.45, 7) is 3.79. The zero-order chi connectivity index (χ0) is 28.0. The minimum absolute atomic E-state index is 0.0610. The van der Waals surface area contributed by atoms with Crippen LogP contribution in [0.25, 0.3) is 12.2 Å². The van der Waals surface area contributed by atoms with E-state index in [-0.39, 0.29) is 41.8 Å². The van der Waals surface area contributed by atoms with Crippen LogP contribution < -0.4 is 10.1 Å². The van der Waals surface area contributed by atoms with Gasteiger partial charge in [0.05, 0.1) is 13.2 Å². The summed E-state index contributed by atoms with van der Waals surface area (Å²) in [5.41, 5.74) is 1.82. The minimum Gasteiger partial charge on any atom is -0.487 e. The van der Waals surface area contributed by atoms with E-state index in [1.54, 1.807) is 37.1 Å². The average Bonchev–Trinajstić information content (AvgIpc) is 2.94. The van der Waals surface area contributed by atoms with Gasteiger partial charge in [0.1, 0.15) is 16.7 Å². The van der Waals surface area contributed by atoms with Crippen molar-refractivity contribution in [2.24, 2.45) is 5.92 Å². The number of rotatable bonds is 7. The summed E-state index contributed by atoms with van der Waals surface area (Å²) >= 11 is 0. The molecule has 0 aromatic heterocycles. The first-order valence-corrected chi connectivity index (χ1v) is 15.3. The van der Waals surface area contributed by atoms with Gasteiger partial charge in [0.15, 0.2) is 0 Å². The molecule has 39 heavy (non-hydrogen) atoms. The molecule has 2 aromatic rings. The van der Waals surface area contributed by atoms with Gasteiger partial charge in [0, 0.05) is 31.6 Å². The van der Waals surface area contributed by atoms with Crippen LogP contribution in [0.4, 0.5) is 4.79 Å². The highest BCUT2D eigenvalue weighted by Gasteiger charge is 2.38. The van der Waals surface area contributed by atoms with E-state index in [1.165, 1.54) is 10.7 Å². The van der Waals surface area contributed by atoms with E-state index in [0.717, 1.165) is 36.8 Å². The fourth-order valence-corrected chi connectivity index (χ4v) is 7.03. The fraction of sp³-hybridized carbons (Fsp3) is 0.500. The number of ether oxygens (including phenoxy) is 1. The minimum atomic E-state index is -3.93. The molecular weight excluding hydrogens is 514 g/mol. The maximum Gasteiger partial charge on any atom is 0.317 e. The molecule has 2 N–H and O–H groups in total. The number of nitrogens with zero attached hydrogens (tertiary/aromatic N) is 2. The largest absolute Gasteiger partial charge is 0.487 e. The number of amides is 2. The van der Waals surface area contributed by atoms with Crippen molar-refractivity contribution >= 4 is 28.2 Å². The molecule has 2 aliphatic rings. The Morgan fingerprint density at radius 1 is 1.13 bits per heavy atom. The first-order valence-electron chi connectivity index (χ1n) is 13.9. The maximum atomic E-state index is 13.7. The highest BCUT2D eigenvalue weighted by atomic mass is 32.2. The number of aliphatic hydroxyl groups excluding tert-OH is 1. The normalized spacial score (nSPS) is 22.8. The van der Waals surface area contributed by atoms with E-state index < -0.39 is 22.2 Å². The standard InChI is InChI=1S/C30H41N3O5S/c1-22-19-33(23(2)21-34)39(36,37)29-17-16-25(15-14-24-10-6-4-7-11-24)18-27(29)38-28(22)20-32(3)30(35)31-26-12-8-5-9-13-26/h4,6-7,10-11,14-18,22-23,26,28,34H,5,8-9,12-13,19-21H2,1-3H3,(H,31,35)/b15-14+/t22-,23+,28+/m1/s1. The molecule has 9 heteroatoms. The first-order chi connectivity index (χ1) is 18.7. The summed E-state index contributed by atoms with van der Waals surface area (Å²) in [6, 6.07) is 14.4. The molecule has 1 aliphatic carbocycles. The number of nitrogens with one attached hydrogen (secondary N) is 1. The van der Waals surface area contributed by atoms with Crippen molar-refractivity contribution in [1.29, 1.82) is 0 Å². The van der Waals surface area contributed by atoms with Gasteiger partial charge < -0.3 is 20.1 Å². The lowest BCUT2D eigenvalue weighted by Gasteiger charge is -2.37. The van der Waals surface area contributed by atoms with Crippen LogP contribution in [-0.2, 0) is 10.0 Å². The number of benzene rings is 2. The summed E-state index contributed by atoms with van der Waals surface area (Å²) in [4.78, 5) is 14.7. The third kappa shape index (κ3) is 7.21. The molecule has 1 saturated carbocycles. The van der Waals surface area contributed by atoms with Crippen molar-refractivity contribution in [1.82, 2.24) is 14.5 Å². The molecule has 8 nitrogen and oxygen atoms in total. The molecule has 0 radical (unpaired) electrons. The molecule has 2 amide bonds. The molecule has 4 rings (SSSR count). The number of fused-ring (bicyclic) bond motifs is 1. The van der Waals surface area contributed by atoms with E-state index in [1.807, 2.05) is 49.4 Å². The SMILES string of the molecule is C[C@@H]1CN([C@@H](C)CO)S(=O)(=O)c2ccc(/C=C/c3ccccc3)cc2O[C@H]1CN(C)C(=O)NC1CCCCC1. The van der Waals surface area contributed by atoms with E-state index in [9.17, 15) is 18.3 Å². The highest BCUT2D eigenvalue weighted by molar-refractivity contribution is 7.89. The molecule has 1 fully saturated rings. The third-order valence-electron chi connectivity index (χ3n) is 7.69. The molecule has 1 heterocycles. The fourth-order valence-electron chi connectivity index (χ4n) is 5.20. The Kier molecular flexibility index (Phi) is 9.69. The molecule has 0 bridgehead atoms. The van der Waals surface area contributed by atoms with Crippen molar-refractivity contribution in [2.45, 2.75) is 69.0 Å². The quantitative estimate of drug-likeness (QED) is 0.487. The average molecular weight is 556 g/mol. The third-order valence-corrected chi connectivity index (χ3v) is 9.71. The van der Waals surface area contributed by atoms with Gasteiger partial charge in [-0.05, 0) is 43.0 Å². The number of aliphatic hydroxyl groups is 1. The second-order valence-corrected chi connectivity index (χ2v) is 12.7. The lowest BCUT2D eigenvalue weighted by molar-refractivity contribution is 0.0806. The van der Waals surface area contributed by atoms with Crippen molar-refractivity contribution in [3.8, 4) is 5.75 Å². The molecule has 2 aromatic carbocycles. The number of carbonyl (C=O) groups excluding carboxylic acids is 1. The van der Waals surface area contributed by atoms with E-state index in [4.69, 9.17) is 4.74 Å². The Hall–Kier alpha value is -2.88. The Balaban J connectivity index is 1.62. The van der Waals surface area contributed by atoms with Gasteiger partial charge in [-0.1, -0.05) is 74.7 Å². The second-order valence-electron chi connectivity index (χ2n) is 10.9. The Morgan fingerprint density at radius 3 is 2.51 bits per heavy atom. The lowest BCUT2D eigenvalue weighted by atomic mass is 9.96. The number of sulfonamides is 1. The molecule has 0 saturated heterocycles. The van der Waals surface area contributed by atoms with Crippen LogP contribution in [-0.4, -0.2) is 73.7 Å².